The number of benzene rings is 1. The van der Waals surface area contributed by atoms with E-state index in [0.29, 0.717) is 6.54 Å². The second kappa shape index (κ2) is 6.63. The molecule has 0 aliphatic heterocycles. The zero-order valence-corrected chi connectivity index (χ0v) is 14.0. The van der Waals surface area contributed by atoms with E-state index in [4.69, 9.17) is 0 Å². The number of nitrogens with one attached hydrogen (secondary N) is 1. The molecule has 1 aliphatic rings. The number of nitrogens with zero attached hydrogens (tertiary/aromatic N) is 1. The summed E-state index contributed by atoms with van der Waals surface area (Å²) in [6.45, 7) is 1.52. The van der Waals surface area contributed by atoms with Crippen LogP contribution >= 0.6 is 11.3 Å². The molecule has 1 heterocycles. The highest BCUT2D eigenvalue weighted by atomic mass is 32.1. The van der Waals surface area contributed by atoms with Crippen LogP contribution in [0.5, 0.6) is 0 Å². The number of amides is 1. The highest BCUT2D eigenvalue weighted by Crippen LogP contribution is 2.30. The van der Waals surface area contributed by atoms with Crippen LogP contribution < -0.4 is 5.32 Å². The topological polar surface area (TPSA) is 32.3 Å². The number of aryl methyl sites for hydroxylation is 2. The van der Waals surface area contributed by atoms with Crippen LogP contribution in [0.15, 0.2) is 30.3 Å². The van der Waals surface area contributed by atoms with Gasteiger partial charge in [0, 0.05) is 18.0 Å². The van der Waals surface area contributed by atoms with E-state index in [0.717, 1.165) is 29.8 Å². The molecule has 0 radical (unpaired) electrons. The highest BCUT2D eigenvalue weighted by Gasteiger charge is 2.18. The first kappa shape index (κ1) is 15.3. The Morgan fingerprint density at radius 1 is 1.18 bits per heavy atom. The lowest BCUT2D eigenvalue weighted by atomic mass is 10.1. The summed E-state index contributed by atoms with van der Waals surface area (Å²) in [7, 11) is 4.12. The molecule has 0 bridgehead atoms. The van der Waals surface area contributed by atoms with Gasteiger partial charge in [-0.25, -0.2) is 0 Å². The van der Waals surface area contributed by atoms with E-state index in [-0.39, 0.29) is 5.91 Å². The van der Waals surface area contributed by atoms with E-state index in [2.05, 4.69) is 54.6 Å². The predicted octanol–water partition coefficient (Wildman–Crippen LogP) is 3.23. The van der Waals surface area contributed by atoms with Gasteiger partial charge in [-0.1, -0.05) is 24.3 Å². The number of carbonyl (C=O) groups excluding carboxylic acids is 1. The van der Waals surface area contributed by atoms with Gasteiger partial charge in [0.15, 0.2) is 0 Å². The van der Waals surface area contributed by atoms with Crippen LogP contribution in [0.4, 0.5) is 0 Å². The highest BCUT2D eigenvalue weighted by molar-refractivity contribution is 7.14. The van der Waals surface area contributed by atoms with Gasteiger partial charge in [-0.15, -0.1) is 11.3 Å². The Bertz CT molecular complexity index is 637. The minimum atomic E-state index is 0.0526. The summed E-state index contributed by atoms with van der Waals surface area (Å²) in [5.41, 5.74) is 3.80. The molecular weight excluding hydrogens is 292 g/mol. The van der Waals surface area contributed by atoms with Crippen LogP contribution in [0.2, 0.25) is 0 Å². The van der Waals surface area contributed by atoms with Gasteiger partial charge in [0.05, 0.1) is 4.88 Å². The molecule has 0 spiro atoms. The minimum absolute atomic E-state index is 0.0526. The van der Waals surface area contributed by atoms with Crippen molar-refractivity contribution in [3.05, 3.63) is 56.8 Å². The fraction of sp³-hybridized carbons (Fsp3) is 0.389. The average Bonchev–Trinajstić information content (AvgIpc) is 3.07. The molecule has 1 aliphatic carbocycles. The Morgan fingerprint density at radius 3 is 2.59 bits per heavy atom. The van der Waals surface area contributed by atoms with Crippen LogP contribution in [0, 0.1) is 0 Å². The van der Waals surface area contributed by atoms with Crippen LogP contribution in [0.3, 0.4) is 0 Å². The van der Waals surface area contributed by atoms with Crippen molar-refractivity contribution in [1.29, 1.82) is 0 Å². The van der Waals surface area contributed by atoms with Crippen molar-refractivity contribution in [2.24, 2.45) is 0 Å². The van der Waals surface area contributed by atoms with Gasteiger partial charge in [-0.05, 0) is 56.1 Å². The molecule has 3 nitrogen and oxygen atoms in total. The molecule has 0 unspecified atom stereocenters. The molecule has 0 fully saturated rings. The maximum absolute atomic E-state index is 12.2. The Labute approximate surface area is 136 Å². The molecule has 3 rings (SSSR count). The van der Waals surface area contributed by atoms with E-state index in [1.54, 1.807) is 11.3 Å². The number of hydrogen-bond donors (Lipinski definition) is 1. The van der Waals surface area contributed by atoms with E-state index in [1.807, 2.05) is 0 Å². The normalized spacial score (nSPS) is 13.4. The van der Waals surface area contributed by atoms with Crippen LogP contribution in [0.1, 0.15) is 37.7 Å². The molecule has 1 aromatic carbocycles. The van der Waals surface area contributed by atoms with Crippen LogP contribution in [0.25, 0.3) is 0 Å². The molecule has 1 amide bonds. The summed E-state index contributed by atoms with van der Waals surface area (Å²) in [5.74, 6) is 0.0526. The van der Waals surface area contributed by atoms with Gasteiger partial charge in [0.2, 0.25) is 0 Å². The molecule has 0 saturated heterocycles. The molecule has 2 aromatic rings. The Kier molecular flexibility index (Phi) is 4.60. The van der Waals surface area contributed by atoms with E-state index < -0.39 is 0 Å². The third kappa shape index (κ3) is 3.57. The lowest BCUT2D eigenvalue weighted by Crippen LogP contribution is -2.21. The number of thiophene rings is 1. The first-order valence-corrected chi connectivity index (χ1v) is 8.56. The summed E-state index contributed by atoms with van der Waals surface area (Å²) in [5, 5.41) is 3.03. The van der Waals surface area contributed by atoms with Crippen molar-refractivity contribution in [2.45, 2.75) is 32.4 Å². The maximum Gasteiger partial charge on any atom is 0.261 e. The van der Waals surface area contributed by atoms with E-state index in [1.165, 1.54) is 22.4 Å². The summed E-state index contributed by atoms with van der Waals surface area (Å²) in [6, 6.07) is 10.5. The van der Waals surface area contributed by atoms with Crippen molar-refractivity contribution >= 4 is 17.2 Å². The summed E-state index contributed by atoms with van der Waals surface area (Å²) < 4.78 is 0. The molecule has 0 saturated carbocycles. The Balaban J connectivity index is 1.56. The molecule has 116 valence electrons. The average molecular weight is 314 g/mol. The van der Waals surface area contributed by atoms with Crippen LogP contribution in [-0.2, 0) is 25.9 Å². The van der Waals surface area contributed by atoms with Gasteiger partial charge < -0.3 is 10.2 Å². The fourth-order valence-corrected chi connectivity index (χ4v) is 4.01. The Hall–Kier alpha value is -1.65. The van der Waals surface area contributed by atoms with Crippen molar-refractivity contribution in [3.8, 4) is 0 Å². The smallest absolute Gasteiger partial charge is 0.261 e. The predicted molar refractivity (Wildman–Crippen MR) is 91.3 cm³/mol. The number of hydrogen-bond acceptors (Lipinski definition) is 3. The molecule has 4 heteroatoms. The van der Waals surface area contributed by atoms with Crippen LogP contribution in [-0.4, -0.2) is 24.9 Å². The molecule has 1 aromatic heterocycles. The van der Waals surface area contributed by atoms with Gasteiger partial charge in [0.1, 0.15) is 0 Å². The first-order chi connectivity index (χ1) is 10.6. The summed E-state index contributed by atoms with van der Waals surface area (Å²) >= 11 is 1.66. The van der Waals surface area contributed by atoms with Gasteiger partial charge in [0.25, 0.3) is 5.91 Å². The monoisotopic (exact) mass is 314 g/mol. The second-order valence-corrected chi connectivity index (χ2v) is 7.29. The first-order valence-electron chi connectivity index (χ1n) is 7.74. The third-order valence-corrected chi connectivity index (χ3v) is 5.18. The van der Waals surface area contributed by atoms with E-state index >= 15 is 0 Å². The minimum Gasteiger partial charge on any atom is -0.347 e. The van der Waals surface area contributed by atoms with Crippen molar-refractivity contribution in [2.75, 3.05) is 14.1 Å². The number of fused-ring (bicyclic) bond motifs is 1. The van der Waals surface area contributed by atoms with Gasteiger partial charge in [-0.2, -0.15) is 0 Å². The van der Waals surface area contributed by atoms with Crippen molar-refractivity contribution < 1.29 is 4.79 Å². The molecular formula is C18H22N2OS. The lowest BCUT2D eigenvalue weighted by molar-refractivity contribution is 0.0955. The summed E-state index contributed by atoms with van der Waals surface area (Å²) in [4.78, 5) is 16.6. The second-order valence-electron chi connectivity index (χ2n) is 6.15. The lowest BCUT2D eigenvalue weighted by Gasteiger charge is -2.10. The maximum atomic E-state index is 12.2. The zero-order chi connectivity index (χ0) is 15.5. The van der Waals surface area contributed by atoms with Gasteiger partial charge >= 0.3 is 0 Å². The summed E-state index contributed by atoms with van der Waals surface area (Å²) in [6.07, 6.45) is 3.51. The zero-order valence-electron chi connectivity index (χ0n) is 13.2. The number of rotatable bonds is 5. The molecule has 22 heavy (non-hydrogen) atoms. The van der Waals surface area contributed by atoms with E-state index in [9.17, 15) is 4.79 Å². The SMILES string of the molecule is CN(C)Cc1ccc(CNC(=O)c2cc3c(s2)CCC3)cc1. The van der Waals surface area contributed by atoms with Crippen molar-refractivity contribution in [3.63, 3.8) is 0 Å². The Morgan fingerprint density at radius 2 is 1.91 bits per heavy atom. The largest absolute Gasteiger partial charge is 0.347 e. The standard InChI is InChI=1S/C18H22N2OS/c1-20(2)12-14-8-6-13(7-9-14)11-19-18(21)17-10-15-4-3-5-16(15)22-17/h6-10H,3-5,11-12H2,1-2H3,(H,19,21). The third-order valence-electron chi connectivity index (χ3n) is 3.95. The molecule has 1 N–H and O–H groups in total. The molecule has 0 atom stereocenters. The number of carbonyl (C=O) groups is 1. The van der Waals surface area contributed by atoms with Gasteiger partial charge in [-0.3, -0.25) is 4.79 Å². The quantitative estimate of drug-likeness (QED) is 0.919. The fourth-order valence-electron chi connectivity index (χ4n) is 2.84. The van der Waals surface area contributed by atoms with Crippen molar-refractivity contribution in [1.82, 2.24) is 10.2 Å².